The number of rotatable bonds is 7. The normalized spacial score (nSPS) is 19.8. The standard InChI is InChI=1S/C25H36FN7O2/c1-20-2-4-21(5-3-20)31-8-10-32(11-9-31)24-22(26)23(27-6-7-30-12-16-34-17-13-30)28-25(29-24)33-14-18-35-19-15-33/h2-5H,6-19H2,1H3,(H,27,28,29). The van der Waals surface area contributed by atoms with Gasteiger partial charge in [0.2, 0.25) is 11.8 Å². The molecule has 0 aliphatic carbocycles. The number of nitrogens with one attached hydrogen (secondary N) is 1. The average Bonchev–Trinajstić information content (AvgIpc) is 2.91. The number of ether oxygens (including phenoxy) is 2. The summed E-state index contributed by atoms with van der Waals surface area (Å²) in [6, 6.07) is 8.58. The van der Waals surface area contributed by atoms with Gasteiger partial charge in [-0.05, 0) is 19.1 Å². The molecule has 10 heteroatoms. The van der Waals surface area contributed by atoms with Crippen molar-refractivity contribution >= 4 is 23.3 Å². The van der Waals surface area contributed by atoms with Crippen LogP contribution in [-0.4, -0.2) is 107 Å². The lowest BCUT2D eigenvalue weighted by atomic mass is 10.2. The second-order valence-electron chi connectivity index (χ2n) is 9.30. The van der Waals surface area contributed by atoms with Crippen molar-refractivity contribution in [1.29, 1.82) is 0 Å². The molecule has 2 aromatic rings. The van der Waals surface area contributed by atoms with Crippen LogP contribution >= 0.6 is 0 Å². The molecule has 3 fully saturated rings. The minimum Gasteiger partial charge on any atom is -0.379 e. The van der Waals surface area contributed by atoms with Crippen molar-refractivity contribution in [2.45, 2.75) is 6.92 Å². The molecule has 0 radical (unpaired) electrons. The Kier molecular flexibility index (Phi) is 7.80. The highest BCUT2D eigenvalue weighted by molar-refractivity contribution is 5.58. The van der Waals surface area contributed by atoms with Crippen LogP contribution in [-0.2, 0) is 9.47 Å². The van der Waals surface area contributed by atoms with Crippen molar-refractivity contribution < 1.29 is 13.9 Å². The molecule has 0 spiro atoms. The minimum absolute atomic E-state index is 0.283. The summed E-state index contributed by atoms with van der Waals surface area (Å²) < 4.78 is 26.6. The van der Waals surface area contributed by atoms with Crippen molar-refractivity contribution in [3.63, 3.8) is 0 Å². The number of piperazine rings is 1. The van der Waals surface area contributed by atoms with Gasteiger partial charge in [-0.25, -0.2) is 0 Å². The number of nitrogens with zero attached hydrogens (tertiary/aromatic N) is 6. The molecule has 1 aromatic heterocycles. The van der Waals surface area contributed by atoms with Crippen LogP contribution in [0.4, 0.5) is 27.7 Å². The molecule has 0 saturated carbocycles. The zero-order valence-corrected chi connectivity index (χ0v) is 20.6. The molecule has 1 N–H and O–H groups in total. The molecular formula is C25H36FN7O2. The lowest BCUT2D eigenvalue weighted by Crippen LogP contribution is -2.47. The number of aromatic nitrogens is 2. The van der Waals surface area contributed by atoms with Gasteiger partial charge < -0.3 is 29.5 Å². The van der Waals surface area contributed by atoms with Gasteiger partial charge >= 0.3 is 0 Å². The zero-order chi connectivity index (χ0) is 24.0. The summed E-state index contributed by atoms with van der Waals surface area (Å²) >= 11 is 0. The predicted molar refractivity (Wildman–Crippen MR) is 136 cm³/mol. The van der Waals surface area contributed by atoms with E-state index in [0.29, 0.717) is 57.7 Å². The lowest BCUT2D eigenvalue weighted by Gasteiger charge is -2.37. The van der Waals surface area contributed by atoms with Gasteiger partial charge in [0, 0.05) is 71.1 Å². The second kappa shape index (κ2) is 11.4. The van der Waals surface area contributed by atoms with E-state index in [1.807, 2.05) is 0 Å². The Bertz CT molecular complexity index is 957. The van der Waals surface area contributed by atoms with Gasteiger partial charge in [0.25, 0.3) is 0 Å². The van der Waals surface area contributed by atoms with Crippen molar-refractivity contribution in [1.82, 2.24) is 14.9 Å². The first-order chi connectivity index (χ1) is 17.2. The minimum atomic E-state index is -0.368. The Morgan fingerprint density at radius 1 is 0.800 bits per heavy atom. The molecule has 0 unspecified atom stereocenters. The molecule has 0 amide bonds. The molecule has 0 bridgehead atoms. The summed E-state index contributed by atoms with van der Waals surface area (Å²) in [6.07, 6.45) is 0. The summed E-state index contributed by atoms with van der Waals surface area (Å²) in [6.45, 7) is 12.6. The number of hydrogen-bond acceptors (Lipinski definition) is 9. The fraction of sp³-hybridized carbons (Fsp3) is 0.600. The third-order valence-corrected chi connectivity index (χ3v) is 6.92. The summed E-state index contributed by atoms with van der Waals surface area (Å²) in [4.78, 5) is 18.1. The Labute approximate surface area is 206 Å². The van der Waals surface area contributed by atoms with Crippen LogP contribution in [0.15, 0.2) is 24.3 Å². The van der Waals surface area contributed by atoms with Crippen LogP contribution in [0.5, 0.6) is 0 Å². The Balaban J connectivity index is 1.30. The van der Waals surface area contributed by atoms with Gasteiger partial charge in [0.15, 0.2) is 11.6 Å². The van der Waals surface area contributed by atoms with Gasteiger partial charge in [-0.3, -0.25) is 4.90 Å². The van der Waals surface area contributed by atoms with E-state index in [1.54, 1.807) is 0 Å². The van der Waals surface area contributed by atoms with Gasteiger partial charge in [-0.1, -0.05) is 17.7 Å². The van der Waals surface area contributed by atoms with Crippen LogP contribution < -0.4 is 20.0 Å². The summed E-state index contributed by atoms with van der Waals surface area (Å²) in [7, 11) is 0. The third-order valence-electron chi connectivity index (χ3n) is 6.92. The van der Waals surface area contributed by atoms with E-state index in [0.717, 1.165) is 45.9 Å². The fourth-order valence-electron chi connectivity index (χ4n) is 4.74. The molecule has 190 valence electrons. The van der Waals surface area contributed by atoms with E-state index in [2.05, 4.69) is 61.1 Å². The molecule has 3 saturated heterocycles. The van der Waals surface area contributed by atoms with E-state index in [9.17, 15) is 0 Å². The first-order valence-corrected chi connectivity index (χ1v) is 12.7. The number of aryl methyl sites for hydroxylation is 1. The number of morpholine rings is 2. The highest BCUT2D eigenvalue weighted by atomic mass is 19.1. The molecule has 35 heavy (non-hydrogen) atoms. The first-order valence-electron chi connectivity index (χ1n) is 12.7. The van der Waals surface area contributed by atoms with Crippen molar-refractivity contribution in [3.05, 3.63) is 35.6 Å². The molecule has 5 rings (SSSR count). The SMILES string of the molecule is Cc1ccc(N2CCN(c3nc(N4CCOCC4)nc(NCCN4CCOCC4)c3F)CC2)cc1. The van der Waals surface area contributed by atoms with E-state index in [1.165, 1.54) is 11.3 Å². The Morgan fingerprint density at radius 2 is 1.43 bits per heavy atom. The van der Waals surface area contributed by atoms with E-state index >= 15 is 4.39 Å². The molecule has 1 aromatic carbocycles. The third kappa shape index (κ3) is 5.94. The number of hydrogen-bond donors (Lipinski definition) is 1. The fourth-order valence-corrected chi connectivity index (χ4v) is 4.74. The summed E-state index contributed by atoms with van der Waals surface area (Å²) in [5.74, 6) is 0.872. The molecular weight excluding hydrogens is 449 g/mol. The number of anilines is 4. The zero-order valence-electron chi connectivity index (χ0n) is 20.6. The maximum Gasteiger partial charge on any atom is 0.229 e. The Hall–Kier alpha value is -2.69. The highest BCUT2D eigenvalue weighted by Gasteiger charge is 2.26. The van der Waals surface area contributed by atoms with Gasteiger partial charge in [-0.15, -0.1) is 0 Å². The topological polar surface area (TPSA) is 69.2 Å². The monoisotopic (exact) mass is 485 g/mol. The maximum absolute atomic E-state index is 15.7. The summed E-state index contributed by atoms with van der Waals surface area (Å²) in [5, 5.41) is 3.26. The van der Waals surface area contributed by atoms with Gasteiger partial charge in [0.05, 0.1) is 26.4 Å². The van der Waals surface area contributed by atoms with Crippen molar-refractivity contribution in [2.75, 3.05) is 112 Å². The van der Waals surface area contributed by atoms with E-state index in [4.69, 9.17) is 14.5 Å². The largest absolute Gasteiger partial charge is 0.379 e. The smallest absolute Gasteiger partial charge is 0.229 e. The van der Waals surface area contributed by atoms with Gasteiger partial charge in [-0.2, -0.15) is 14.4 Å². The van der Waals surface area contributed by atoms with E-state index < -0.39 is 0 Å². The van der Waals surface area contributed by atoms with Gasteiger partial charge in [0.1, 0.15) is 0 Å². The van der Waals surface area contributed by atoms with E-state index in [-0.39, 0.29) is 11.6 Å². The Morgan fingerprint density at radius 3 is 2.11 bits per heavy atom. The molecule has 0 atom stereocenters. The van der Waals surface area contributed by atoms with Crippen LogP contribution in [0.2, 0.25) is 0 Å². The molecule has 3 aliphatic heterocycles. The lowest BCUT2D eigenvalue weighted by molar-refractivity contribution is 0.0398. The highest BCUT2D eigenvalue weighted by Crippen LogP contribution is 2.28. The molecule has 3 aliphatic rings. The van der Waals surface area contributed by atoms with Crippen LogP contribution in [0.25, 0.3) is 0 Å². The number of halogens is 1. The molecule has 4 heterocycles. The average molecular weight is 486 g/mol. The van der Waals surface area contributed by atoms with Crippen LogP contribution in [0.3, 0.4) is 0 Å². The van der Waals surface area contributed by atoms with Crippen molar-refractivity contribution in [2.24, 2.45) is 0 Å². The maximum atomic E-state index is 15.7. The molecule has 9 nitrogen and oxygen atoms in total. The number of benzene rings is 1. The summed E-state index contributed by atoms with van der Waals surface area (Å²) in [5.41, 5.74) is 2.46. The van der Waals surface area contributed by atoms with Crippen LogP contribution in [0, 0.1) is 12.7 Å². The quantitative estimate of drug-likeness (QED) is 0.633. The second-order valence-corrected chi connectivity index (χ2v) is 9.30. The van der Waals surface area contributed by atoms with Crippen molar-refractivity contribution in [3.8, 4) is 0 Å². The predicted octanol–water partition coefficient (Wildman–Crippen LogP) is 1.83. The first kappa shape index (κ1) is 24.0. The van der Waals surface area contributed by atoms with Crippen LogP contribution in [0.1, 0.15) is 5.56 Å².